The van der Waals surface area contributed by atoms with Gasteiger partial charge in [0.25, 0.3) is 0 Å². The molecule has 1 rings (SSSR count). The highest BCUT2D eigenvalue weighted by atomic mass is 16.3. The van der Waals surface area contributed by atoms with E-state index in [1.807, 2.05) is 0 Å². The van der Waals surface area contributed by atoms with Crippen molar-refractivity contribution in [2.75, 3.05) is 19.7 Å². The SMILES string of the molecule is CCC(N)C(CO)N1CCC(C)C1. The Balaban J connectivity index is 2.46. The average Bonchev–Trinajstić information content (AvgIpc) is 2.53. The van der Waals surface area contributed by atoms with Gasteiger partial charge in [0.2, 0.25) is 0 Å². The molecule has 0 aromatic carbocycles. The van der Waals surface area contributed by atoms with Crippen molar-refractivity contribution in [3.8, 4) is 0 Å². The molecule has 0 bridgehead atoms. The van der Waals surface area contributed by atoms with E-state index in [4.69, 9.17) is 5.73 Å². The van der Waals surface area contributed by atoms with Crippen LogP contribution in [0.25, 0.3) is 0 Å². The lowest BCUT2D eigenvalue weighted by Gasteiger charge is -2.30. The molecule has 0 amide bonds. The van der Waals surface area contributed by atoms with E-state index in [1.54, 1.807) is 0 Å². The van der Waals surface area contributed by atoms with Gasteiger partial charge in [0.15, 0.2) is 0 Å². The van der Waals surface area contributed by atoms with Crippen LogP contribution in [0.4, 0.5) is 0 Å². The quantitative estimate of drug-likeness (QED) is 0.669. The van der Waals surface area contributed by atoms with E-state index in [9.17, 15) is 5.11 Å². The predicted molar refractivity (Wildman–Crippen MR) is 54.5 cm³/mol. The lowest BCUT2D eigenvalue weighted by Crippen LogP contribution is -2.48. The third-order valence-corrected chi connectivity index (χ3v) is 3.08. The molecular weight excluding hydrogens is 164 g/mol. The van der Waals surface area contributed by atoms with E-state index in [2.05, 4.69) is 18.7 Å². The minimum atomic E-state index is 0.121. The molecule has 1 saturated heterocycles. The normalized spacial score (nSPS) is 29.1. The molecule has 3 unspecified atom stereocenters. The highest BCUT2D eigenvalue weighted by Crippen LogP contribution is 2.19. The molecule has 3 atom stereocenters. The standard InChI is InChI=1S/C10H22N2O/c1-3-9(11)10(7-13)12-5-4-8(2)6-12/h8-10,13H,3-7,11H2,1-2H3. The number of likely N-dealkylation sites (tertiary alicyclic amines) is 1. The number of hydrogen-bond acceptors (Lipinski definition) is 3. The van der Waals surface area contributed by atoms with Crippen LogP contribution in [-0.4, -0.2) is 41.8 Å². The molecule has 0 aromatic rings. The Morgan fingerprint density at radius 1 is 1.62 bits per heavy atom. The molecule has 0 saturated carbocycles. The van der Waals surface area contributed by atoms with Crippen molar-refractivity contribution in [2.45, 2.75) is 38.8 Å². The highest BCUT2D eigenvalue weighted by molar-refractivity contribution is 4.85. The Labute approximate surface area is 80.9 Å². The van der Waals surface area contributed by atoms with Crippen molar-refractivity contribution in [2.24, 2.45) is 11.7 Å². The summed E-state index contributed by atoms with van der Waals surface area (Å²) in [4.78, 5) is 2.33. The molecule has 0 radical (unpaired) electrons. The summed E-state index contributed by atoms with van der Waals surface area (Å²) >= 11 is 0. The number of aliphatic hydroxyl groups excluding tert-OH is 1. The van der Waals surface area contributed by atoms with Gasteiger partial charge in [0.05, 0.1) is 6.61 Å². The lowest BCUT2D eigenvalue weighted by atomic mass is 10.1. The van der Waals surface area contributed by atoms with Crippen LogP contribution in [0.2, 0.25) is 0 Å². The number of hydrogen-bond donors (Lipinski definition) is 2. The predicted octanol–water partition coefficient (Wildman–Crippen LogP) is 0.426. The van der Waals surface area contributed by atoms with Gasteiger partial charge in [-0.3, -0.25) is 4.90 Å². The Morgan fingerprint density at radius 2 is 2.31 bits per heavy atom. The second-order valence-corrected chi connectivity index (χ2v) is 4.21. The summed E-state index contributed by atoms with van der Waals surface area (Å²) in [6.07, 6.45) is 2.18. The Kier molecular flexibility index (Phi) is 4.16. The first-order valence-corrected chi connectivity index (χ1v) is 5.29. The summed E-state index contributed by atoms with van der Waals surface area (Å²) < 4.78 is 0. The van der Waals surface area contributed by atoms with Gasteiger partial charge in [-0.25, -0.2) is 0 Å². The molecule has 1 aliphatic heterocycles. The molecule has 3 nitrogen and oxygen atoms in total. The first kappa shape index (κ1) is 11.0. The maximum atomic E-state index is 9.25. The second kappa shape index (κ2) is 4.94. The zero-order valence-corrected chi connectivity index (χ0v) is 8.74. The molecule has 1 aliphatic rings. The third-order valence-electron chi connectivity index (χ3n) is 3.08. The van der Waals surface area contributed by atoms with Gasteiger partial charge in [-0.05, 0) is 25.3 Å². The van der Waals surface area contributed by atoms with Crippen LogP contribution < -0.4 is 5.73 Å². The lowest BCUT2D eigenvalue weighted by molar-refractivity contribution is 0.121. The smallest absolute Gasteiger partial charge is 0.0601 e. The molecule has 3 heteroatoms. The third kappa shape index (κ3) is 2.66. The maximum Gasteiger partial charge on any atom is 0.0601 e. The van der Waals surface area contributed by atoms with Crippen molar-refractivity contribution in [3.05, 3.63) is 0 Å². The Hall–Kier alpha value is -0.120. The minimum Gasteiger partial charge on any atom is -0.395 e. The molecule has 78 valence electrons. The molecule has 0 aliphatic carbocycles. The zero-order chi connectivity index (χ0) is 9.84. The molecule has 0 spiro atoms. The first-order valence-electron chi connectivity index (χ1n) is 5.29. The summed E-state index contributed by atoms with van der Waals surface area (Å²) in [6, 6.07) is 0.297. The second-order valence-electron chi connectivity index (χ2n) is 4.21. The number of rotatable bonds is 4. The van der Waals surface area contributed by atoms with Gasteiger partial charge in [-0.2, -0.15) is 0 Å². The van der Waals surface area contributed by atoms with Crippen LogP contribution >= 0.6 is 0 Å². The van der Waals surface area contributed by atoms with Gasteiger partial charge >= 0.3 is 0 Å². The van der Waals surface area contributed by atoms with Crippen LogP contribution in [0.1, 0.15) is 26.7 Å². The van der Waals surface area contributed by atoms with Crippen molar-refractivity contribution >= 4 is 0 Å². The van der Waals surface area contributed by atoms with Crippen LogP contribution in [0, 0.1) is 5.92 Å². The van der Waals surface area contributed by atoms with Crippen LogP contribution in [0.5, 0.6) is 0 Å². The zero-order valence-electron chi connectivity index (χ0n) is 8.74. The summed E-state index contributed by atoms with van der Waals surface area (Å²) in [5.74, 6) is 0.762. The van der Waals surface area contributed by atoms with Crippen LogP contribution in [-0.2, 0) is 0 Å². The summed E-state index contributed by atoms with van der Waals surface area (Å²) in [6.45, 7) is 6.72. The van der Waals surface area contributed by atoms with E-state index < -0.39 is 0 Å². The van der Waals surface area contributed by atoms with Gasteiger partial charge < -0.3 is 10.8 Å². The van der Waals surface area contributed by atoms with Gasteiger partial charge in [-0.1, -0.05) is 13.8 Å². The topological polar surface area (TPSA) is 49.5 Å². The fourth-order valence-electron chi connectivity index (χ4n) is 2.06. The fourth-order valence-corrected chi connectivity index (χ4v) is 2.06. The molecule has 1 fully saturated rings. The number of nitrogens with zero attached hydrogens (tertiary/aromatic N) is 1. The minimum absolute atomic E-state index is 0.121. The highest BCUT2D eigenvalue weighted by Gasteiger charge is 2.28. The Morgan fingerprint density at radius 3 is 2.69 bits per heavy atom. The maximum absolute atomic E-state index is 9.25. The molecule has 1 heterocycles. The Bertz CT molecular complexity index is 152. The van der Waals surface area contributed by atoms with E-state index >= 15 is 0 Å². The van der Waals surface area contributed by atoms with Gasteiger partial charge in [0.1, 0.15) is 0 Å². The number of nitrogens with two attached hydrogens (primary N) is 1. The number of aliphatic hydroxyl groups is 1. The van der Waals surface area contributed by atoms with Crippen molar-refractivity contribution in [1.82, 2.24) is 4.90 Å². The summed E-state index contributed by atoms with van der Waals surface area (Å²) in [5.41, 5.74) is 5.95. The van der Waals surface area contributed by atoms with E-state index in [-0.39, 0.29) is 18.7 Å². The fraction of sp³-hybridized carbons (Fsp3) is 1.00. The monoisotopic (exact) mass is 186 g/mol. The first-order chi connectivity index (χ1) is 6.19. The molecule has 0 aromatic heterocycles. The summed E-state index contributed by atoms with van der Waals surface area (Å²) in [7, 11) is 0. The van der Waals surface area contributed by atoms with Crippen molar-refractivity contribution < 1.29 is 5.11 Å². The van der Waals surface area contributed by atoms with Crippen LogP contribution in [0.3, 0.4) is 0 Å². The van der Waals surface area contributed by atoms with E-state index in [0.29, 0.717) is 0 Å². The summed E-state index contributed by atoms with van der Waals surface area (Å²) in [5, 5.41) is 9.25. The molecule has 13 heavy (non-hydrogen) atoms. The largest absolute Gasteiger partial charge is 0.395 e. The van der Waals surface area contributed by atoms with Gasteiger partial charge in [-0.15, -0.1) is 0 Å². The van der Waals surface area contributed by atoms with Gasteiger partial charge in [0, 0.05) is 18.6 Å². The molecular formula is C10H22N2O. The van der Waals surface area contributed by atoms with E-state index in [0.717, 1.165) is 25.4 Å². The van der Waals surface area contributed by atoms with Crippen LogP contribution in [0.15, 0.2) is 0 Å². The van der Waals surface area contributed by atoms with Crippen molar-refractivity contribution in [3.63, 3.8) is 0 Å². The average molecular weight is 186 g/mol. The molecule has 3 N–H and O–H groups in total. The van der Waals surface area contributed by atoms with Crippen molar-refractivity contribution in [1.29, 1.82) is 0 Å². The van der Waals surface area contributed by atoms with E-state index in [1.165, 1.54) is 6.42 Å².